The van der Waals surface area contributed by atoms with Crippen LogP contribution < -0.4 is 5.73 Å². The van der Waals surface area contributed by atoms with Crippen molar-refractivity contribution < 1.29 is 5.21 Å². The molecule has 0 aliphatic carbocycles. The van der Waals surface area contributed by atoms with Gasteiger partial charge in [0.2, 0.25) is 0 Å². The Bertz CT molecular complexity index is 169. The number of hydrogen-bond donors (Lipinski definition) is 2. The molecule has 0 aromatic heterocycles. The third-order valence-corrected chi connectivity index (χ3v) is 2.08. The predicted octanol–water partition coefficient (Wildman–Crippen LogP) is 1.49. The Morgan fingerprint density at radius 1 is 1.43 bits per heavy atom. The van der Waals surface area contributed by atoms with Crippen molar-refractivity contribution in [2.45, 2.75) is 33.6 Å². The van der Waals surface area contributed by atoms with Crippen LogP contribution in [0.15, 0.2) is 5.16 Å². The highest BCUT2D eigenvalue weighted by Crippen LogP contribution is 2.02. The second kappa shape index (κ2) is 7.62. The topological polar surface area (TPSA) is 61.8 Å². The lowest BCUT2D eigenvalue weighted by Crippen LogP contribution is -2.35. The second-order valence-electron chi connectivity index (χ2n) is 4.05. The Kier molecular flexibility index (Phi) is 7.20. The van der Waals surface area contributed by atoms with Crippen LogP contribution in [0.1, 0.15) is 33.6 Å². The molecule has 0 spiro atoms. The minimum atomic E-state index is 0.294. The van der Waals surface area contributed by atoms with Crippen molar-refractivity contribution in [2.24, 2.45) is 16.8 Å². The number of rotatable bonds is 7. The van der Waals surface area contributed by atoms with Gasteiger partial charge in [0, 0.05) is 0 Å². The normalized spacial score (nSPS) is 12.8. The van der Waals surface area contributed by atoms with E-state index in [4.69, 9.17) is 10.9 Å². The Labute approximate surface area is 86.8 Å². The molecule has 0 unspecified atom stereocenters. The molecule has 0 bridgehead atoms. The van der Waals surface area contributed by atoms with Crippen molar-refractivity contribution >= 4 is 5.84 Å². The molecule has 0 aromatic rings. The summed E-state index contributed by atoms with van der Waals surface area (Å²) in [5.74, 6) is 0.990. The first-order chi connectivity index (χ1) is 6.60. The smallest absolute Gasteiger partial charge is 0.153 e. The van der Waals surface area contributed by atoms with Crippen LogP contribution in [0.3, 0.4) is 0 Å². The fraction of sp³-hybridized carbons (Fsp3) is 0.900. The first-order valence-corrected chi connectivity index (χ1v) is 5.28. The molecule has 0 fully saturated rings. The fourth-order valence-corrected chi connectivity index (χ4v) is 1.29. The highest BCUT2D eigenvalue weighted by molar-refractivity contribution is 5.81. The Morgan fingerprint density at radius 3 is 2.50 bits per heavy atom. The van der Waals surface area contributed by atoms with Gasteiger partial charge >= 0.3 is 0 Å². The van der Waals surface area contributed by atoms with Gasteiger partial charge in [-0.25, -0.2) is 0 Å². The van der Waals surface area contributed by atoms with Gasteiger partial charge in [0.05, 0.1) is 6.54 Å². The van der Waals surface area contributed by atoms with Crippen molar-refractivity contribution in [1.29, 1.82) is 0 Å². The van der Waals surface area contributed by atoms with E-state index in [2.05, 4.69) is 30.8 Å². The van der Waals surface area contributed by atoms with Crippen LogP contribution >= 0.6 is 0 Å². The summed E-state index contributed by atoms with van der Waals surface area (Å²) < 4.78 is 0. The maximum atomic E-state index is 8.47. The van der Waals surface area contributed by atoms with E-state index in [-0.39, 0.29) is 0 Å². The van der Waals surface area contributed by atoms with E-state index >= 15 is 0 Å². The minimum Gasteiger partial charge on any atom is -0.409 e. The Hall–Kier alpha value is -0.770. The fourth-order valence-electron chi connectivity index (χ4n) is 1.29. The minimum absolute atomic E-state index is 0.294. The molecule has 3 N–H and O–H groups in total. The van der Waals surface area contributed by atoms with Gasteiger partial charge in [0.1, 0.15) is 0 Å². The molecular weight excluding hydrogens is 178 g/mol. The van der Waals surface area contributed by atoms with E-state index in [1.54, 1.807) is 0 Å². The third kappa shape index (κ3) is 6.71. The van der Waals surface area contributed by atoms with Crippen LogP contribution in [0.5, 0.6) is 0 Å². The second-order valence-corrected chi connectivity index (χ2v) is 4.05. The zero-order chi connectivity index (χ0) is 11.0. The molecular formula is C10H23N3O. The van der Waals surface area contributed by atoms with E-state index in [1.807, 2.05) is 0 Å². The van der Waals surface area contributed by atoms with E-state index in [9.17, 15) is 0 Å². The van der Waals surface area contributed by atoms with Crippen LogP contribution in [0.4, 0.5) is 0 Å². The number of oxime groups is 1. The highest BCUT2D eigenvalue weighted by atomic mass is 16.4. The molecule has 0 aromatic carbocycles. The van der Waals surface area contributed by atoms with Crippen molar-refractivity contribution in [3.63, 3.8) is 0 Å². The Balaban J connectivity index is 3.89. The number of nitrogens with two attached hydrogens (primary N) is 1. The first kappa shape index (κ1) is 13.2. The van der Waals surface area contributed by atoms with Crippen LogP contribution in [0.2, 0.25) is 0 Å². The van der Waals surface area contributed by atoms with E-state index in [1.165, 1.54) is 0 Å². The molecule has 0 rings (SSSR count). The molecule has 0 amide bonds. The molecule has 4 nitrogen and oxygen atoms in total. The lowest BCUT2D eigenvalue weighted by Gasteiger charge is -2.21. The average molecular weight is 201 g/mol. The Morgan fingerprint density at radius 2 is 2.07 bits per heavy atom. The summed E-state index contributed by atoms with van der Waals surface area (Å²) in [5, 5.41) is 11.5. The quantitative estimate of drug-likeness (QED) is 0.284. The maximum Gasteiger partial charge on any atom is 0.153 e. The first-order valence-electron chi connectivity index (χ1n) is 5.28. The number of amidine groups is 1. The van der Waals surface area contributed by atoms with Gasteiger partial charge in [-0.3, -0.25) is 4.90 Å². The van der Waals surface area contributed by atoms with Gasteiger partial charge in [0.25, 0.3) is 0 Å². The van der Waals surface area contributed by atoms with Crippen molar-refractivity contribution in [3.05, 3.63) is 0 Å². The van der Waals surface area contributed by atoms with Crippen molar-refractivity contribution in [2.75, 3.05) is 19.6 Å². The molecule has 0 saturated heterocycles. The molecule has 0 aliphatic rings. The molecule has 0 aliphatic heterocycles. The number of nitrogens with zero attached hydrogens (tertiary/aromatic N) is 2. The van der Waals surface area contributed by atoms with Crippen LogP contribution in [-0.2, 0) is 0 Å². The lowest BCUT2D eigenvalue weighted by atomic mass is 10.1. The van der Waals surface area contributed by atoms with Crippen molar-refractivity contribution in [3.8, 4) is 0 Å². The third-order valence-electron chi connectivity index (χ3n) is 2.08. The van der Waals surface area contributed by atoms with Gasteiger partial charge < -0.3 is 10.9 Å². The van der Waals surface area contributed by atoms with E-state index in [0.717, 1.165) is 25.9 Å². The zero-order valence-corrected chi connectivity index (χ0v) is 9.53. The van der Waals surface area contributed by atoms with Gasteiger partial charge in [-0.15, -0.1) is 0 Å². The number of hydrogen-bond acceptors (Lipinski definition) is 3. The standard InChI is InChI=1S/C10H23N3O/c1-4-6-13(7-5-9(2)3)8-10(11)12-14/h9,14H,4-8H2,1-3H3,(H2,11,12). The van der Waals surface area contributed by atoms with Crippen LogP contribution in [0.25, 0.3) is 0 Å². The monoisotopic (exact) mass is 201 g/mol. The maximum absolute atomic E-state index is 8.47. The molecule has 0 radical (unpaired) electrons. The summed E-state index contributed by atoms with van der Waals surface area (Å²) in [6.07, 6.45) is 2.25. The van der Waals surface area contributed by atoms with Crippen molar-refractivity contribution in [1.82, 2.24) is 4.90 Å². The van der Waals surface area contributed by atoms with E-state index in [0.29, 0.717) is 18.3 Å². The van der Waals surface area contributed by atoms with Crippen LogP contribution in [0, 0.1) is 5.92 Å². The van der Waals surface area contributed by atoms with Gasteiger partial charge in [-0.05, 0) is 31.8 Å². The molecule has 0 heterocycles. The zero-order valence-electron chi connectivity index (χ0n) is 9.53. The summed E-state index contributed by atoms with van der Waals surface area (Å²) in [6.45, 7) is 9.12. The molecule has 0 atom stereocenters. The summed E-state index contributed by atoms with van der Waals surface area (Å²) >= 11 is 0. The average Bonchev–Trinajstić information content (AvgIpc) is 2.14. The van der Waals surface area contributed by atoms with Gasteiger partial charge in [-0.2, -0.15) is 0 Å². The molecule has 0 saturated carbocycles. The predicted molar refractivity (Wildman–Crippen MR) is 59.6 cm³/mol. The summed E-state index contributed by atoms with van der Waals surface area (Å²) in [7, 11) is 0. The van der Waals surface area contributed by atoms with Crippen LogP contribution in [-0.4, -0.2) is 35.6 Å². The van der Waals surface area contributed by atoms with E-state index < -0.39 is 0 Å². The largest absolute Gasteiger partial charge is 0.409 e. The molecule has 14 heavy (non-hydrogen) atoms. The summed E-state index contributed by atoms with van der Waals surface area (Å²) in [5.41, 5.74) is 5.47. The highest BCUT2D eigenvalue weighted by Gasteiger charge is 2.06. The SMILES string of the molecule is CCCN(CCC(C)C)CC(N)=NO. The van der Waals surface area contributed by atoms with Gasteiger partial charge in [0.15, 0.2) is 5.84 Å². The molecule has 84 valence electrons. The van der Waals surface area contributed by atoms with Gasteiger partial charge in [-0.1, -0.05) is 25.9 Å². The molecule has 4 heteroatoms. The summed E-state index contributed by atoms with van der Waals surface area (Å²) in [4.78, 5) is 2.22. The summed E-state index contributed by atoms with van der Waals surface area (Å²) in [6, 6.07) is 0. The lowest BCUT2D eigenvalue weighted by molar-refractivity contribution is 0.278.